The number of benzene rings is 3. The third-order valence-corrected chi connectivity index (χ3v) is 5.29. The maximum absolute atomic E-state index is 12.5. The molecule has 5 rings (SSSR count). The van der Waals surface area contributed by atoms with E-state index in [1.807, 2.05) is 54.6 Å². The van der Waals surface area contributed by atoms with Crippen LogP contribution < -0.4 is 10.1 Å². The van der Waals surface area contributed by atoms with Gasteiger partial charge < -0.3 is 15.0 Å². The molecule has 0 unspecified atom stereocenters. The zero-order chi connectivity index (χ0) is 19.6. The smallest absolute Gasteiger partial charge is 0.262 e. The highest BCUT2D eigenvalue weighted by Crippen LogP contribution is 2.28. The number of anilines is 1. The maximum Gasteiger partial charge on any atom is 0.262 e. The molecular weight excluding hydrogens is 362 g/mol. The van der Waals surface area contributed by atoms with Crippen LogP contribution in [0.5, 0.6) is 5.75 Å². The first kappa shape index (κ1) is 17.5. The lowest BCUT2D eigenvalue weighted by Gasteiger charge is -2.11. The minimum Gasteiger partial charge on any atom is -0.484 e. The number of carbonyl (C=O) groups excluding carboxylic acids is 1. The van der Waals surface area contributed by atoms with Crippen molar-refractivity contribution in [3.8, 4) is 17.1 Å². The number of imidazole rings is 1. The molecule has 1 aliphatic rings. The zero-order valence-electron chi connectivity index (χ0n) is 15.9. The Kier molecular flexibility index (Phi) is 4.48. The Labute approximate surface area is 168 Å². The van der Waals surface area contributed by atoms with Gasteiger partial charge in [0.2, 0.25) is 0 Å². The second kappa shape index (κ2) is 7.43. The number of nitrogens with zero attached hydrogens (tertiary/aromatic N) is 1. The Morgan fingerprint density at radius 3 is 2.76 bits per heavy atom. The number of carbonyl (C=O) groups is 1. The van der Waals surface area contributed by atoms with Crippen molar-refractivity contribution >= 4 is 22.6 Å². The molecule has 1 heterocycles. The second-order valence-corrected chi connectivity index (χ2v) is 7.27. The average molecular weight is 383 g/mol. The number of rotatable bonds is 5. The van der Waals surface area contributed by atoms with Gasteiger partial charge in [-0.1, -0.05) is 30.3 Å². The number of ether oxygens (including phenoxy) is 1. The van der Waals surface area contributed by atoms with Gasteiger partial charge in [-0.25, -0.2) is 4.98 Å². The predicted octanol–water partition coefficient (Wildman–Crippen LogP) is 4.74. The largest absolute Gasteiger partial charge is 0.484 e. The molecule has 1 amide bonds. The van der Waals surface area contributed by atoms with Crippen molar-refractivity contribution in [1.82, 2.24) is 9.97 Å². The van der Waals surface area contributed by atoms with Crippen molar-refractivity contribution in [1.29, 1.82) is 0 Å². The van der Waals surface area contributed by atoms with E-state index in [4.69, 9.17) is 4.74 Å². The van der Waals surface area contributed by atoms with E-state index in [1.165, 1.54) is 17.5 Å². The number of hydrogen-bond acceptors (Lipinski definition) is 3. The van der Waals surface area contributed by atoms with Crippen LogP contribution in [-0.4, -0.2) is 22.5 Å². The lowest BCUT2D eigenvalue weighted by Crippen LogP contribution is -2.20. The average Bonchev–Trinajstić information content (AvgIpc) is 3.39. The number of fused-ring (bicyclic) bond motifs is 2. The fraction of sp³-hybridized carbons (Fsp3) is 0.167. The summed E-state index contributed by atoms with van der Waals surface area (Å²) in [6.45, 7) is -0.0345. The molecule has 0 spiro atoms. The first-order valence-electron chi connectivity index (χ1n) is 9.85. The van der Waals surface area contributed by atoms with Crippen molar-refractivity contribution < 1.29 is 9.53 Å². The summed E-state index contributed by atoms with van der Waals surface area (Å²) in [7, 11) is 0. The molecule has 0 aliphatic heterocycles. The lowest BCUT2D eigenvalue weighted by molar-refractivity contribution is -0.118. The zero-order valence-corrected chi connectivity index (χ0v) is 15.9. The summed E-state index contributed by atoms with van der Waals surface area (Å²) in [5, 5.41) is 2.95. The van der Waals surface area contributed by atoms with Gasteiger partial charge in [0.25, 0.3) is 5.91 Å². The molecule has 5 nitrogen and oxygen atoms in total. The topological polar surface area (TPSA) is 67.0 Å². The Balaban J connectivity index is 1.31. The van der Waals surface area contributed by atoms with E-state index in [0.717, 1.165) is 41.0 Å². The van der Waals surface area contributed by atoms with E-state index in [0.29, 0.717) is 5.69 Å². The number of para-hydroxylation sites is 3. The summed E-state index contributed by atoms with van der Waals surface area (Å²) in [5.74, 6) is 1.27. The van der Waals surface area contributed by atoms with Gasteiger partial charge >= 0.3 is 0 Å². The van der Waals surface area contributed by atoms with Gasteiger partial charge in [-0.15, -0.1) is 0 Å². The van der Waals surface area contributed by atoms with Crippen molar-refractivity contribution in [2.45, 2.75) is 19.3 Å². The van der Waals surface area contributed by atoms with Crippen LogP contribution in [0.25, 0.3) is 22.4 Å². The van der Waals surface area contributed by atoms with E-state index in [9.17, 15) is 4.79 Å². The van der Waals surface area contributed by atoms with Crippen LogP contribution in [0.3, 0.4) is 0 Å². The van der Waals surface area contributed by atoms with Gasteiger partial charge in [0.1, 0.15) is 11.6 Å². The van der Waals surface area contributed by atoms with Crippen molar-refractivity contribution in [3.63, 3.8) is 0 Å². The lowest BCUT2D eigenvalue weighted by atomic mass is 10.1. The summed E-state index contributed by atoms with van der Waals surface area (Å²) in [5.41, 5.74) is 6.12. The molecule has 1 aromatic heterocycles. The number of aromatic nitrogens is 2. The first-order chi connectivity index (χ1) is 14.3. The van der Waals surface area contributed by atoms with Crippen molar-refractivity contribution in [2.24, 2.45) is 0 Å². The number of amides is 1. The number of H-pyrrole nitrogens is 1. The van der Waals surface area contributed by atoms with E-state index < -0.39 is 0 Å². The molecule has 4 aromatic rings. The highest BCUT2D eigenvalue weighted by atomic mass is 16.5. The molecule has 5 heteroatoms. The number of aromatic amines is 1. The Morgan fingerprint density at radius 2 is 1.83 bits per heavy atom. The van der Waals surface area contributed by atoms with E-state index in [2.05, 4.69) is 27.4 Å². The fourth-order valence-corrected chi connectivity index (χ4v) is 3.85. The molecule has 0 saturated carbocycles. The highest BCUT2D eigenvalue weighted by molar-refractivity contribution is 5.96. The normalized spacial score (nSPS) is 12.7. The monoisotopic (exact) mass is 383 g/mol. The molecule has 144 valence electrons. The maximum atomic E-state index is 12.5. The van der Waals surface area contributed by atoms with Gasteiger partial charge in [0, 0.05) is 5.56 Å². The molecule has 3 aromatic carbocycles. The first-order valence-corrected chi connectivity index (χ1v) is 9.85. The van der Waals surface area contributed by atoms with E-state index in [-0.39, 0.29) is 12.5 Å². The summed E-state index contributed by atoms with van der Waals surface area (Å²) in [6, 6.07) is 21.6. The van der Waals surface area contributed by atoms with Crippen LogP contribution in [0.2, 0.25) is 0 Å². The third kappa shape index (κ3) is 3.59. The Bertz CT molecular complexity index is 1160. The molecule has 29 heavy (non-hydrogen) atoms. The summed E-state index contributed by atoms with van der Waals surface area (Å²) in [6.07, 6.45) is 3.41. The molecular formula is C24H21N3O2. The highest BCUT2D eigenvalue weighted by Gasteiger charge is 2.14. The second-order valence-electron chi connectivity index (χ2n) is 7.27. The molecule has 0 bridgehead atoms. The number of hydrogen-bond donors (Lipinski definition) is 2. The SMILES string of the molecule is O=C(COc1ccc2c(c1)CCC2)Nc1ccccc1-c1nc2ccccc2[nH]1. The van der Waals surface area contributed by atoms with Crippen LogP contribution in [-0.2, 0) is 17.6 Å². The molecule has 1 aliphatic carbocycles. The molecule has 0 fully saturated rings. The van der Waals surface area contributed by atoms with Gasteiger partial charge in [0.05, 0.1) is 16.7 Å². The summed E-state index contributed by atoms with van der Waals surface area (Å²) < 4.78 is 5.72. The molecule has 0 radical (unpaired) electrons. The third-order valence-electron chi connectivity index (χ3n) is 5.29. The minimum absolute atomic E-state index is 0.0345. The van der Waals surface area contributed by atoms with Crippen LogP contribution in [0.4, 0.5) is 5.69 Å². The molecule has 0 atom stereocenters. The number of aryl methyl sites for hydroxylation is 2. The van der Waals surface area contributed by atoms with Gasteiger partial charge in [0.15, 0.2) is 6.61 Å². The summed E-state index contributed by atoms with van der Waals surface area (Å²) in [4.78, 5) is 20.5. The fourth-order valence-electron chi connectivity index (χ4n) is 3.85. The standard InChI is InChI=1S/C24H21N3O2/c28-23(15-29-18-13-12-16-6-5-7-17(16)14-18)25-20-9-2-1-8-19(20)24-26-21-10-3-4-11-22(21)27-24/h1-4,8-14H,5-7,15H2,(H,25,28)(H,26,27). The van der Waals surface area contributed by atoms with Gasteiger partial charge in [-0.2, -0.15) is 0 Å². The predicted molar refractivity (Wildman–Crippen MR) is 114 cm³/mol. The van der Waals surface area contributed by atoms with E-state index >= 15 is 0 Å². The minimum atomic E-state index is -0.200. The quantitative estimate of drug-likeness (QED) is 0.523. The van der Waals surface area contributed by atoms with Crippen molar-refractivity contribution in [2.75, 3.05) is 11.9 Å². The summed E-state index contributed by atoms with van der Waals surface area (Å²) >= 11 is 0. The Hall–Kier alpha value is -3.60. The Morgan fingerprint density at radius 1 is 1.00 bits per heavy atom. The van der Waals surface area contributed by atoms with Crippen molar-refractivity contribution in [3.05, 3.63) is 77.9 Å². The van der Waals surface area contributed by atoms with Crippen LogP contribution >= 0.6 is 0 Å². The van der Waals surface area contributed by atoms with Crippen LogP contribution in [0, 0.1) is 0 Å². The van der Waals surface area contributed by atoms with E-state index in [1.54, 1.807) is 0 Å². The van der Waals surface area contributed by atoms with Gasteiger partial charge in [-0.3, -0.25) is 4.79 Å². The molecule has 2 N–H and O–H groups in total. The van der Waals surface area contributed by atoms with Crippen LogP contribution in [0.15, 0.2) is 66.7 Å². The molecule has 0 saturated heterocycles. The number of nitrogens with one attached hydrogen (secondary N) is 2. The van der Waals surface area contributed by atoms with Crippen LogP contribution in [0.1, 0.15) is 17.5 Å². The van der Waals surface area contributed by atoms with Gasteiger partial charge in [-0.05, 0) is 66.8 Å².